The predicted octanol–water partition coefficient (Wildman–Crippen LogP) is 4.42. The summed E-state index contributed by atoms with van der Waals surface area (Å²) < 4.78 is 15.8. The molecule has 1 aliphatic heterocycles. The van der Waals surface area contributed by atoms with Gasteiger partial charge in [0, 0.05) is 28.7 Å². The molecule has 1 aliphatic rings. The lowest BCUT2D eigenvalue weighted by Crippen LogP contribution is -2.11. The lowest BCUT2D eigenvalue weighted by atomic mass is 10.2. The molecule has 27 heavy (non-hydrogen) atoms. The molecule has 3 aromatic carbocycles. The Morgan fingerprint density at radius 2 is 1.67 bits per heavy atom. The molecule has 0 bridgehead atoms. The number of nitrogens with one attached hydrogen (secondary N) is 2. The smallest absolute Gasteiger partial charge is 0.255 e. The molecule has 4 rings (SSSR count). The normalized spacial score (nSPS) is 11.7. The summed E-state index contributed by atoms with van der Waals surface area (Å²) in [7, 11) is 1.64. The van der Waals surface area contributed by atoms with Gasteiger partial charge in [0.1, 0.15) is 5.75 Å². The van der Waals surface area contributed by atoms with Gasteiger partial charge < -0.3 is 24.8 Å². The van der Waals surface area contributed by atoms with Gasteiger partial charge in [-0.15, -0.1) is 0 Å². The molecule has 0 fully saturated rings. The Balaban J connectivity index is 1.42. The molecule has 0 aliphatic carbocycles. The minimum atomic E-state index is -0.207. The van der Waals surface area contributed by atoms with E-state index in [1.165, 1.54) is 0 Å². The molecule has 6 heteroatoms. The zero-order chi connectivity index (χ0) is 18.6. The van der Waals surface area contributed by atoms with Crippen LogP contribution in [0.15, 0.2) is 66.7 Å². The van der Waals surface area contributed by atoms with E-state index < -0.39 is 0 Å². The highest BCUT2D eigenvalue weighted by atomic mass is 16.7. The van der Waals surface area contributed by atoms with Gasteiger partial charge in [-0.05, 0) is 54.6 Å². The molecule has 136 valence electrons. The van der Waals surface area contributed by atoms with Crippen LogP contribution in [0.1, 0.15) is 10.4 Å². The Morgan fingerprint density at radius 3 is 2.48 bits per heavy atom. The van der Waals surface area contributed by atoms with Crippen molar-refractivity contribution in [3.63, 3.8) is 0 Å². The second kappa shape index (κ2) is 7.29. The minimum absolute atomic E-state index is 0.183. The molecule has 6 nitrogen and oxygen atoms in total. The van der Waals surface area contributed by atoms with E-state index in [2.05, 4.69) is 10.6 Å². The van der Waals surface area contributed by atoms with Crippen molar-refractivity contribution in [3.8, 4) is 17.2 Å². The van der Waals surface area contributed by atoms with E-state index in [4.69, 9.17) is 14.2 Å². The molecular weight excluding hydrogens is 344 g/mol. The maximum Gasteiger partial charge on any atom is 0.255 e. The van der Waals surface area contributed by atoms with Crippen LogP contribution in [-0.2, 0) is 0 Å². The lowest BCUT2D eigenvalue weighted by molar-refractivity contribution is 0.102. The summed E-state index contributed by atoms with van der Waals surface area (Å²) in [6.07, 6.45) is 0. The van der Waals surface area contributed by atoms with Crippen molar-refractivity contribution in [3.05, 3.63) is 72.3 Å². The third kappa shape index (κ3) is 3.79. The van der Waals surface area contributed by atoms with Gasteiger partial charge >= 0.3 is 0 Å². The van der Waals surface area contributed by atoms with Crippen LogP contribution >= 0.6 is 0 Å². The summed E-state index contributed by atoms with van der Waals surface area (Å²) in [4.78, 5) is 12.4. The van der Waals surface area contributed by atoms with E-state index in [9.17, 15) is 4.79 Å². The van der Waals surface area contributed by atoms with Crippen molar-refractivity contribution in [2.45, 2.75) is 0 Å². The van der Waals surface area contributed by atoms with Crippen molar-refractivity contribution < 1.29 is 19.0 Å². The molecule has 0 atom stereocenters. The quantitative estimate of drug-likeness (QED) is 0.703. The highest BCUT2D eigenvalue weighted by Crippen LogP contribution is 2.32. The molecule has 0 spiro atoms. The van der Waals surface area contributed by atoms with Crippen molar-refractivity contribution >= 4 is 23.0 Å². The first-order valence-corrected chi connectivity index (χ1v) is 8.43. The summed E-state index contributed by atoms with van der Waals surface area (Å²) in [5.41, 5.74) is 3.04. The summed E-state index contributed by atoms with van der Waals surface area (Å²) in [5.74, 6) is 1.81. The van der Waals surface area contributed by atoms with E-state index >= 15 is 0 Å². The highest BCUT2D eigenvalue weighted by molar-refractivity contribution is 6.04. The van der Waals surface area contributed by atoms with Gasteiger partial charge in [-0.2, -0.15) is 0 Å². The van der Waals surface area contributed by atoms with E-state index in [1.807, 2.05) is 48.5 Å². The molecule has 1 heterocycles. The molecule has 2 N–H and O–H groups in total. The van der Waals surface area contributed by atoms with Gasteiger partial charge in [-0.1, -0.05) is 6.07 Å². The van der Waals surface area contributed by atoms with Crippen molar-refractivity contribution in [1.82, 2.24) is 0 Å². The standard InChI is InChI=1S/C21H18N2O4/c1-25-18-4-2-3-17(12-18)22-15-6-8-16(9-7-15)23-21(24)14-5-10-19-20(11-14)27-13-26-19/h2-12,22H,13H2,1H3,(H,23,24). The van der Waals surface area contributed by atoms with Crippen LogP contribution < -0.4 is 24.8 Å². The number of hydrogen-bond acceptors (Lipinski definition) is 5. The number of benzene rings is 3. The van der Waals surface area contributed by atoms with E-state index in [0.29, 0.717) is 22.7 Å². The van der Waals surface area contributed by atoms with Crippen LogP contribution in [0.2, 0.25) is 0 Å². The summed E-state index contributed by atoms with van der Waals surface area (Å²) in [5, 5.41) is 6.17. The molecule has 0 unspecified atom stereocenters. The molecule has 1 amide bonds. The number of anilines is 3. The first-order valence-electron chi connectivity index (χ1n) is 8.43. The summed E-state index contributed by atoms with van der Waals surface area (Å²) >= 11 is 0. The zero-order valence-corrected chi connectivity index (χ0v) is 14.7. The van der Waals surface area contributed by atoms with Crippen LogP contribution in [-0.4, -0.2) is 19.8 Å². The topological polar surface area (TPSA) is 68.8 Å². The summed E-state index contributed by atoms with van der Waals surface area (Å²) in [6.45, 7) is 0.183. The Hall–Kier alpha value is -3.67. The molecule has 3 aromatic rings. The van der Waals surface area contributed by atoms with Crippen molar-refractivity contribution in [2.24, 2.45) is 0 Å². The van der Waals surface area contributed by atoms with Gasteiger partial charge in [0.25, 0.3) is 5.91 Å². The predicted molar refractivity (Wildman–Crippen MR) is 103 cm³/mol. The maximum atomic E-state index is 12.4. The number of ether oxygens (including phenoxy) is 3. The fraction of sp³-hybridized carbons (Fsp3) is 0.0952. The maximum absolute atomic E-state index is 12.4. The third-order valence-corrected chi connectivity index (χ3v) is 4.14. The molecule has 0 aromatic heterocycles. The molecule has 0 radical (unpaired) electrons. The SMILES string of the molecule is COc1cccc(Nc2ccc(NC(=O)c3ccc4c(c3)OCO4)cc2)c1. The van der Waals surface area contributed by atoms with Crippen molar-refractivity contribution in [1.29, 1.82) is 0 Å². The van der Waals surface area contributed by atoms with Gasteiger partial charge in [-0.25, -0.2) is 0 Å². The Bertz CT molecular complexity index is 970. The van der Waals surface area contributed by atoms with Gasteiger partial charge in [0.05, 0.1) is 7.11 Å². The van der Waals surface area contributed by atoms with Crippen LogP contribution in [0.4, 0.5) is 17.1 Å². The van der Waals surface area contributed by atoms with E-state index in [-0.39, 0.29) is 12.7 Å². The Morgan fingerprint density at radius 1 is 0.889 bits per heavy atom. The van der Waals surface area contributed by atoms with E-state index in [1.54, 1.807) is 25.3 Å². The zero-order valence-electron chi connectivity index (χ0n) is 14.7. The van der Waals surface area contributed by atoms with Crippen LogP contribution in [0.5, 0.6) is 17.2 Å². The number of hydrogen-bond donors (Lipinski definition) is 2. The Labute approximate surface area is 156 Å². The first kappa shape index (κ1) is 16.8. The number of carbonyl (C=O) groups is 1. The minimum Gasteiger partial charge on any atom is -0.497 e. The highest BCUT2D eigenvalue weighted by Gasteiger charge is 2.16. The number of methoxy groups -OCH3 is 1. The lowest BCUT2D eigenvalue weighted by Gasteiger charge is -2.10. The number of rotatable bonds is 5. The largest absolute Gasteiger partial charge is 0.497 e. The number of amides is 1. The van der Waals surface area contributed by atoms with Crippen LogP contribution in [0.3, 0.4) is 0 Å². The summed E-state index contributed by atoms with van der Waals surface area (Å²) in [6, 6.07) is 20.3. The fourth-order valence-corrected chi connectivity index (χ4v) is 2.75. The van der Waals surface area contributed by atoms with Gasteiger partial charge in [0.15, 0.2) is 11.5 Å². The third-order valence-electron chi connectivity index (χ3n) is 4.14. The monoisotopic (exact) mass is 362 g/mol. The second-order valence-corrected chi connectivity index (χ2v) is 5.96. The van der Waals surface area contributed by atoms with Crippen molar-refractivity contribution in [2.75, 3.05) is 24.5 Å². The molecular formula is C21H18N2O4. The number of carbonyl (C=O) groups excluding carboxylic acids is 1. The van der Waals surface area contributed by atoms with Gasteiger partial charge in [-0.3, -0.25) is 4.79 Å². The average Bonchev–Trinajstić information content (AvgIpc) is 3.17. The number of fused-ring (bicyclic) bond motifs is 1. The van der Waals surface area contributed by atoms with Gasteiger partial charge in [0.2, 0.25) is 6.79 Å². The average molecular weight is 362 g/mol. The fourth-order valence-electron chi connectivity index (χ4n) is 2.75. The Kier molecular flexibility index (Phi) is 4.53. The van der Waals surface area contributed by atoms with Crippen LogP contribution in [0, 0.1) is 0 Å². The molecule has 0 saturated carbocycles. The first-order chi connectivity index (χ1) is 13.2. The molecule has 0 saturated heterocycles. The van der Waals surface area contributed by atoms with E-state index in [0.717, 1.165) is 17.1 Å². The second-order valence-electron chi connectivity index (χ2n) is 5.96. The van der Waals surface area contributed by atoms with Crippen LogP contribution in [0.25, 0.3) is 0 Å².